The zero-order valence-corrected chi connectivity index (χ0v) is 12.1. The Morgan fingerprint density at radius 3 is 3.00 bits per heavy atom. The van der Waals surface area contributed by atoms with Gasteiger partial charge in [0.25, 0.3) is 5.91 Å². The first-order chi connectivity index (χ1) is 10.2. The van der Waals surface area contributed by atoms with E-state index in [9.17, 15) is 4.79 Å². The SMILES string of the molecule is COc1cccc2c1OCC(NC(=O)c1cc[nH]c1C)C2. The monoisotopic (exact) mass is 286 g/mol. The van der Waals surface area contributed by atoms with E-state index >= 15 is 0 Å². The fourth-order valence-corrected chi connectivity index (χ4v) is 2.61. The summed E-state index contributed by atoms with van der Waals surface area (Å²) in [6.45, 7) is 2.33. The average Bonchev–Trinajstić information content (AvgIpc) is 2.92. The van der Waals surface area contributed by atoms with Crippen LogP contribution in [0.4, 0.5) is 0 Å². The van der Waals surface area contributed by atoms with Crippen molar-refractivity contribution in [1.82, 2.24) is 10.3 Å². The van der Waals surface area contributed by atoms with Crippen molar-refractivity contribution in [3.8, 4) is 11.5 Å². The van der Waals surface area contributed by atoms with Crippen molar-refractivity contribution in [3.05, 3.63) is 47.3 Å². The molecule has 2 heterocycles. The standard InChI is InChI=1S/C16H18N2O3/c1-10-13(6-7-17-10)16(19)18-12-8-11-4-3-5-14(20-2)15(11)21-9-12/h3-7,12,17H,8-9H2,1-2H3,(H,18,19). The molecule has 3 rings (SSSR count). The molecule has 1 aromatic heterocycles. The normalized spacial score (nSPS) is 16.8. The molecule has 21 heavy (non-hydrogen) atoms. The number of aromatic amines is 1. The minimum absolute atomic E-state index is 0.0357. The first-order valence-electron chi connectivity index (χ1n) is 6.92. The summed E-state index contributed by atoms with van der Waals surface area (Å²) in [5, 5.41) is 3.02. The molecular formula is C16H18N2O3. The van der Waals surface area contributed by atoms with E-state index in [-0.39, 0.29) is 11.9 Å². The number of rotatable bonds is 3. The van der Waals surface area contributed by atoms with Crippen LogP contribution in [0.25, 0.3) is 0 Å². The summed E-state index contributed by atoms with van der Waals surface area (Å²) < 4.78 is 11.0. The van der Waals surface area contributed by atoms with Crippen molar-refractivity contribution in [1.29, 1.82) is 0 Å². The Morgan fingerprint density at radius 1 is 1.43 bits per heavy atom. The highest BCUT2D eigenvalue weighted by Gasteiger charge is 2.24. The molecule has 0 fully saturated rings. The van der Waals surface area contributed by atoms with Gasteiger partial charge < -0.3 is 19.8 Å². The van der Waals surface area contributed by atoms with Crippen LogP contribution in [-0.4, -0.2) is 30.6 Å². The summed E-state index contributed by atoms with van der Waals surface area (Å²) in [6, 6.07) is 7.55. The molecule has 0 saturated heterocycles. The summed E-state index contributed by atoms with van der Waals surface area (Å²) in [5.41, 5.74) is 2.59. The fourth-order valence-electron chi connectivity index (χ4n) is 2.61. The predicted molar refractivity (Wildman–Crippen MR) is 79.0 cm³/mol. The Balaban J connectivity index is 1.72. The molecule has 5 heteroatoms. The number of nitrogens with one attached hydrogen (secondary N) is 2. The number of aromatic nitrogens is 1. The van der Waals surface area contributed by atoms with E-state index in [1.165, 1.54) is 0 Å². The van der Waals surface area contributed by atoms with Gasteiger partial charge in [0.1, 0.15) is 6.61 Å². The van der Waals surface area contributed by atoms with Crippen LogP contribution in [0.5, 0.6) is 11.5 Å². The van der Waals surface area contributed by atoms with E-state index in [1.807, 2.05) is 25.1 Å². The zero-order valence-electron chi connectivity index (χ0n) is 12.1. The maximum Gasteiger partial charge on any atom is 0.253 e. The largest absolute Gasteiger partial charge is 0.493 e. The summed E-state index contributed by atoms with van der Waals surface area (Å²) in [7, 11) is 1.63. The predicted octanol–water partition coefficient (Wildman–Crippen LogP) is 2.07. The molecule has 1 amide bonds. The molecule has 5 nitrogen and oxygen atoms in total. The van der Waals surface area contributed by atoms with E-state index in [0.29, 0.717) is 12.2 Å². The van der Waals surface area contributed by atoms with Crippen molar-refractivity contribution in [2.75, 3.05) is 13.7 Å². The topological polar surface area (TPSA) is 63.4 Å². The Labute approximate surface area is 123 Å². The lowest BCUT2D eigenvalue weighted by Crippen LogP contribution is -2.42. The lowest BCUT2D eigenvalue weighted by atomic mass is 10.0. The lowest BCUT2D eigenvalue weighted by molar-refractivity contribution is 0.0914. The van der Waals surface area contributed by atoms with Crippen LogP contribution >= 0.6 is 0 Å². The number of para-hydroxylation sites is 1. The van der Waals surface area contributed by atoms with E-state index in [2.05, 4.69) is 10.3 Å². The third-order valence-corrected chi connectivity index (χ3v) is 3.71. The Morgan fingerprint density at radius 2 is 2.29 bits per heavy atom. The summed E-state index contributed by atoms with van der Waals surface area (Å²) in [6.07, 6.45) is 2.50. The summed E-state index contributed by atoms with van der Waals surface area (Å²) >= 11 is 0. The Kier molecular flexibility index (Phi) is 3.56. The number of aryl methyl sites for hydroxylation is 1. The second-order valence-electron chi connectivity index (χ2n) is 5.15. The van der Waals surface area contributed by atoms with E-state index in [4.69, 9.17) is 9.47 Å². The number of H-pyrrole nitrogens is 1. The third kappa shape index (κ3) is 2.59. The number of hydrogen-bond acceptors (Lipinski definition) is 3. The second-order valence-corrected chi connectivity index (χ2v) is 5.15. The number of benzene rings is 1. The first-order valence-corrected chi connectivity index (χ1v) is 6.92. The molecule has 1 aliphatic heterocycles. The molecular weight excluding hydrogens is 268 g/mol. The summed E-state index contributed by atoms with van der Waals surface area (Å²) in [5.74, 6) is 1.44. The molecule has 1 aromatic carbocycles. The van der Waals surface area contributed by atoms with Gasteiger partial charge in [-0.05, 0) is 25.5 Å². The number of carbonyl (C=O) groups is 1. The van der Waals surface area contributed by atoms with Crippen LogP contribution in [0.3, 0.4) is 0 Å². The van der Waals surface area contributed by atoms with Crippen LogP contribution in [0.2, 0.25) is 0 Å². The highest BCUT2D eigenvalue weighted by Crippen LogP contribution is 2.34. The van der Waals surface area contributed by atoms with Crippen LogP contribution in [0, 0.1) is 6.92 Å². The minimum atomic E-state index is -0.0753. The third-order valence-electron chi connectivity index (χ3n) is 3.71. The molecule has 0 radical (unpaired) electrons. The van der Waals surface area contributed by atoms with Gasteiger partial charge in [0.15, 0.2) is 11.5 Å². The van der Waals surface area contributed by atoms with Gasteiger partial charge in [0, 0.05) is 17.5 Å². The van der Waals surface area contributed by atoms with Crippen LogP contribution < -0.4 is 14.8 Å². The Hall–Kier alpha value is -2.43. The lowest BCUT2D eigenvalue weighted by Gasteiger charge is -2.27. The van der Waals surface area contributed by atoms with Gasteiger partial charge in [-0.2, -0.15) is 0 Å². The van der Waals surface area contributed by atoms with E-state index in [0.717, 1.165) is 29.2 Å². The summed E-state index contributed by atoms with van der Waals surface area (Å²) in [4.78, 5) is 15.2. The molecule has 0 bridgehead atoms. The van der Waals surface area contributed by atoms with Gasteiger partial charge in [-0.1, -0.05) is 12.1 Å². The maximum atomic E-state index is 12.2. The average molecular weight is 286 g/mol. The van der Waals surface area contributed by atoms with Gasteiger partial charge in [-0.25, -0.2) is 0 Å². The number of fused-ring (bicyclic) bond motifs is 1. The van der Waals surface area contributed by atoms with Crippen molar-refractivity contribution in [3.63, 3.8) is 0 Å². The van der Waals surface area contributed by atoms with E-state index in [1.54, 1.807) is 19.4 Å². The van der Waals surface area contributed by atoms with Gasteiger partial charge in [-0.15, -0.1) is 0 Å². The number of methoxy groups -OCH3 is 1. The van der Waals surface area contributed by atoms with Crippen LogP contribution in [0.1, 0.15) is 21.6 Å². The molecule has 2 aromatic rings. The smallest absolute Gasteiger partial charge is 0.253 e. The van der Waals surface area contributed by atoms with Gasteiger partial charge in [0.05, 0.1) is 18.7 Å². The zero-order chi connectivity index (χ0) is 14.8. The van der Waals surface area contributed by atoms with Crippen molar-refractivity contribution in [2.45, 2.75) is 19.4 Å². The van der Waals surface area contributed by atoms with Crippen molar-refractivity contribution in [2.24, 2.45) is 0 Å². The minimum Gasteiger partial charge on any atom is -0.493 e. The number of ether oxygens (including phenoxy) is 2. The fraction of sp³-hybridized carbons (Fsp3) is 0.312. The molecule has 0 spiro atoms. The van der Waals surface area contributed by atoms with Crippen molar-refractivity contribution < 1.29 is 14.3 Å². The molecule has 1 unspecified atom stereocenters. The Bertz CT molecular complexity index is 663. The molecule has 110 valence electrons. The molecule has 1 aliphatic rings. The highest BCUT2D eigenvalue weighted by molar-refractivity contribution is 5.95. The number of carbonyl (C=O) groups excluding carboxylic acids is 1. The van der Waals surface area contributed by atoms with Crippen molar-refractivity contribution >= 4 is 5.91 Å². The van der Waals surface area contributed by atoms with Gasteiger partial charge in [0.2, 0.25) is 0 Å². The highest BCUT2D eigenvalue weighted by atomic mass is 16.5. The van der Waals surface area contributed by atoms with Gasteiger partial charge in [-0.3, -0.25) is 4.79 Å². The number of amides is 1. The van der Waals surface area contributed by atoms with Gasteiger partial charge >= 0.3 is 0 Å². The molecule has 2 N–H and O–H groups in total. The first kappa shape index (κ1) is 13.5. The van der Waals surface area contributed by atoms with Crippen LogP contribution in [-0.2, 0) is 6.42 Å². The molecule has 1 atom stereocenters. The second kappa shape index (κ2) is 5.52. The quantitative estimate of drug-likeness (QED) is 0.908. The number of hydrogen-bond donors (Lipinski definition) is 2. The molecule has 0 aliphatic carbocycles. The molecule has 0 saturated carbocycles. The maximum absolute atomic E-state index is 12.2. The van der Waals surface area contributed by atoms with E-state index < -0.39 is 0 Å². The van der Waals surface area contributed by atoms with Crippen LogP contribution in [0.15, 0.2) is 30.5 Å².